The largest absolute Gasteiger partial charge is 0.370 e. The lowest BCUT2D eigenvalue weighted by atomic mass is 10.1. The zero-order valence-electron chi connectivity index (χ0n) is 16.7. The Balaban J connectivity index is 1.69. The molecule has 150 valence electrons. The molecule has 6 rings (SSSR count). The van der Waals surface area contributed by atoms with Crippen molar-refractivity contribution in [3.63, 3.8) is 0 Å². The average Bonchev–Trinajstić information content (AvgIpc) is 3.38. The molecule has 0 bridgehead atoms. The van der Waals surface area contributed by atoms with Gasteiger partial charge >= 0.3 is 0 Å². The Bertz CT molecular complexity index is 1360. The number of benzene rings is 1. The number of aromatic nitrogens is 7. The number of hydrogen-bond acceptors (Lipinski definition) is 7. The zero-order valence-corrected chi connectivity index (χ0v) is 16.7. The molecule has 0 aliphatic carbocycles. The summed E-state index contributed by atoms with van der Waals surface area (Å²) in [5.41, 5.74) is 5.63. The molecule has 5 heterocycles. The lowest BCUT2D eigenvalue weighted by Crippen LogP contribution is -2.29. The molecule has 0 atom stereocenters. The summed E-state index contributed by atoms with van der Waals surface area (Å²) in [6.45, 7) is 4.15. The Morgan fingerprint density at radius 1 is 1.00 bits per heavy atom. The number of nitrogens with zero attached hydrogens (tertiary/aromatic N) is 8. The van der Waals surface area contributed by atoms with Gasteiger partial charge in [-0.25, -0.2) is 9.97 Å². The van der Waals surface area contributed by atoms with E-state index in [-0.39, 0.29) is 0 Å². The van der Waals surface area contributed by atoms with Crippen LogP contribution >= 0.6 is 0 Å². The third-order valence-corrected chi connectivity index (χ3v) is 5.89. The first kappa shape index (κ1) is 17.3. The molecule has 1 aliphatic heterocycles. The van der Waals surface area contributed by atoms with E-state index in [0.717, 1.165) is 65.9 Å². The maximum absolute atomic E-state index is 4.87. The van der Waals surface area contributed by atoms with E-state index in [1.54, 1.807) is 0 Å². The van der Waals surface area contributed by atoms with Gasteiger partial charge in [0, 0.05) is 36.9 Å². The van der Waals surface area contributed by atoms with E-state index in [0.29, 0.717) is 5.82 Å². The monoisotopic (exact) mass is 399 g/mol. The van der Waals surface area contributed by atoms with Crippen molar-refractivity contribution in [2.24, 2.45) is 0 Å². The van der Waals surface area contributed by atoms with Crippen molar-refractivity contribution in [3.05, 3.63) is 42.6 Å². The smallest absolute Gasteiger partial charge is 0.208 e. The van der Waals surface area contributed by atoms with Crippen LogP contribution < -0.4 is 4.90 Å². The van der Waals surface area contributed by atoms with Gasteiger partial charge in [-0.2, -0.15) is 5.21 Å². The summed E-state index contributed by atoms with van der Waals surface area (Å²) in [5.74, 6) is 0.530. The van der Waals surface area contributed by atoms with Gasteiger partial charge in [0.1, 0.15) is 5.65 Å². The number of rotatable bonds is 2. The topological polar surface area (TPSA) is 91.1 Å². The molecule has 0 radical (unpaired) electrons. The maximum Gasteiger partial charge on any atom is 0.208 e. The van der Waals surface area contributed by atoms with Gasteiger partial charge in [0.2, 0.25) is 5.82 Å². The fourth-order valence-electron chi connectivity index (χ4n) is 4.40. The fourth-order valence-corrected chi connectivity index (χ4v) is 4.40. The van der Waals surface area contributed by atoms with E-state index in [1.807, 2.05) is 24.4 Å². The van der Waals surface area contributed by atoms with Crippen LogP contribution in [0.5, 0.6) is 0 Å². The third kappa shape index (κ3) is 2.62. The number of imidazole rings is 1. The molecular formula is C21H21N9. The number of fused-ring (bicyclic) bond motifs is 5. The van der Waals surface area contributed by atoms with Crippen LogP contribution in [0.3, 0.4) is 0 Å². The number of anilines is 1. The van der Waals surface area contributed by atoms with Crippen LogP contribution in [0.25, 0.3) is 39.1 Å². The van der Waals surface area contributed by atoms with E-state index >= 15 is 0 Å². The van der Waals surface area contributed by atoms with Crippen LogP contribution in [-0.4, -0.2) is 73.1 Å². The number of aromatic amines is 1. The van der Waals surface area contributed by atoms with Crippen molar-refractivity contribution in [3.8, 4) is 11.4 Å². The van der Waals surface area contributed by atoms with E-state index < -0.39 is 0 Å². The Hall–Kier alpha value is -3.59. The molecule has 0 amide bonds. The van der Waals surface area contributed by atoms with Gasteiger partial charge in [0.05, 0.1) is 16.6 Å². The van der Waals surface area contributed by atoms with Gasteiger partial charge in [0.25, 0.3) is 0 Å². The summed E-state index contributed by atoms with van der Waals surface area (Å²) in [4.78, 5) is 14.5. The fraction of sp³-hybridized carbons (Fsp3) is 0.286. The van der Waals surface area contributed by atoms with Crippen molar-refractivity contribution in [2.75, 3.05) is 38.1 Å². The molecule has 0 saturated carbocycles. The van der Waals surface area contributed by atoms with Gasteiger partial charge in [0.15, 0.2) is 5.65 Å². The van der Waals surface area contributed by atoms with E-state index in [1.165, 1.54) is 5.69 Å². The van der Waals surface area contributed by atoms with Crippen LogP contribution in [0, 0.1) is 0 Å². The van der Waals surface area contributed by atoms with Crippen LogP contribution in [0.1, 0.15) is 6.42 Å². The number of likely N-dealkylation sites (N-methyl/N-ethyl adjacent to an activating group) is 1. The molecular weight excluding hydrogens is 378 g/mol. The summed E-state index contributed by atoms with van der Waals surface area (Å²) in [5, 5.41) is 15.9. The second-order valence-electron chi connectivity index (χ2n) is 7.76. The van der Waals surface area contributed by atoms with E-state index in [9.17, 15) is 0 Å². The molecule has 0 spiro atoms. The highest BCUT2D eigenvalue weighted by Crippen LogP contribution is 2.34. The standard InChI is InChI=1S/C21H21N9/c1-28-9-4-10-29(12-11-28)17-7-8-22-20-14(17)13-15(19-24-26-27-25-19)21-23-16-5-2-3-6-18(16)30(20)21/h2-3,5-8,13H,4,9-12H2,1H3,(H,24,25,26,27). The molecule has 9 heteroatoms. The quantitative estimate of drug-likeness (QED) is 0.487. The molecule has 1 fully saturated rings. The van der Waals surface area contributed by atoms with Gasteiger partial charge in [-0.1, -0.05) is 12.1 Å². The number of H-pyrrole nitrogens is 1. The Kier molecular flexibility index (Phi) is 3.88. The van der Waals surface area contributed by atoms with Crippen molar-refractivity contribution in [1.82, 2.24) is 39.9 Å². The summed E-state index contributed by atoms with van der Waals surface area (Å²) >= 11 is 0. The molecule has 1 aromatic carbocycles. The second-order valence-corrected chi connectivity index (χ2v) is 7.76. The Morgan fingerprint density at radius 2 is 1.93 bits per heavy atom. The molecule has 1 saturated heterocycles. The number of tetrazole rings is 1. The maximum atomic E-state index is 4.87. The molecule has 0 unspecified atom stereocenters. The molecule has 9 nitrogen and oxygen atoms in total. The third-order valence-electron chi connectivity index (χ3n) is 5.89. The first-order valence-corrected chi connectivity index (χ1v) is 10.2. The number of para-hydroxylation sites is 2. The normalized spacial score (nSPS) is 16.0. The minimum absolute atomic E-state index is 0.530. The van der Waals surface area contributed by atoms with Crippen molar-refractivity contribution in [1.29, 1.82) is 0 Å². The number of hydrogen-bond donors (Lipinski definition) is 1. The van der Waals surface area contributed by atoms with E-state index in [4.69, 9.17) is 9.97 Å². The summed E-state index contributed by atoms with van der Waals surface area (Å²) in [7, 11) is 2.18. The van der Waals surface area contributed by atoms with Crippen LogP contribution in [0.15, 0.2) is 42.6 Å². The van der Waals surface area contributed by atoms with E-state index in [2.05, 4.69) is 60.1 Å². The van der Waals surface area contributed by atoms with Crippen LogP contribution in [0.4, 0.5) is 5.69 Å². The lowest BCUT2D eigenvalue weighted by Gasteiger charge is -2.24. The Labute approximate surface area is 172 Å². The molecule has 1 aliphatic rings. The molecule has 4 aromatic heterocycles. The first-order valence-electron chi connectivity index (χ1n) is 10.2. The zero-order chi connectivity index (χ0) is 20.1. The Morgan fingerprint density at radius 3 is 2.83 bits per heavy atom. The highest BCUT2D eigenvalue weighted by molar-refractivity contribution is 6.00. The van der Waals surface area contributed by atoms with Gasteiger partial charge in [-0.15, -0.1) is 10.2 Å². The molecule has 5 aromatic rings. The highest BCUT2D eigenvalue weighted by Gasteiger charge is 2.21. The predicted molar refractivity (Wildman–Crippen MR) is 115 cm³/mol. The summed E-state index contributed by atoms with van der Waals surface area (Å²) < 4.78 is 2.11. The predicted octanol–water partition coefficient (Wildman–Crippen LogP) is 2.36. The minimum Gasteiger partial charge on any atom is -0.370 e. The van der Waals surface area contributed by atoms with Crippen molar-refractivity contribution in [2.45, 2.75) is 6.42 Å². The summed E-state index contributed by atoms with van der Waals surface area (Å²) in [6.07, 6.45) is 3.03. The van der Waals surface area contributed by atoms with Crippen LogP contribution in [-0.2, 0) is 0 Å². The van der Waals surface area contributed by atoms with Gasteiger partial charge in [-0.05, 0) is 49.5 Å². The van der Waals surface area contributed by atoms with Crippen molar-refractivity contribution < 1.29 is 0 Å². The summed E-state index contributed by atoms with van der Waals surface area (Å²) in [6, 6.07) is 12.3. The van der Waals surface area contributed by atoms with Gasteiger partial charge < -0.3 is 9.80 Å². The molecule has 1 N–H and O–H groups in total. The minimum atomic E-state index is 0.530. The van der Waals surface area contributed by atoms with Crippen molar-refractivity contribution >= 4 is 33.4 Å². The average molecular weight is 399 g/mol. The molecule has 30 heavy (non-hydrogen) atoms. The second kappa shape index (κ2) is 6.74. The van der Waals surface area contributed by atoms with Gasteiger partial charge in [-0.3, -0.25) is 4.40 Å². The lowest BCUT2D eigenvalue weighted by molar-refractivity contribution is 0.360. The number of nitrogens with one attached hydrogen (secondary N) is 1. The highest BCUT2D eigenvalue weighted by atomic mass is 15.5. The number of pyridine rings is 2. The first-order chi connectivity index (χ1) is 14.8. The SMILES string of the molecule is CN1CCCN(c2ccnc3c2cc(-c2nn[nH]n2)c2nc4ccccc4n23)CC1. The van der Waals surface area contributed by atoms with Crippen LogP contribution in [0.2, 0.25) is 0 Å².